The number of imidazole rings is 1. The highest BCUT2D eigenvalue weighted by atomic mass is 16.4. The maximum Gasteiger partial charge on any atom is 0.326 e. The van der Waals surface area contributed by atoms with Crippen LogP contribution in [0.3, 0.4) is 0 Å². The van der Waals surface area contributed by atoms with E-state index in [2.05, 4.69) is 25.9 Å². The third-order valence-electron chi connectivity index (χ3n) is 6.06. The molecule has 0 saturated carbocycles. The van der Waals surface area contributed by atoms with Crippen LogP contribution in [0, 0.1) is 5.92 Å². The summed E-state index contributed by atoms with van der Waals surface area (Å²) in [5.41, 5.74) is 12.1. The number of aliphatic carboxylic acids is 1. The highest BCUT2D eigenvalue weighted by Crippen LogP contribution is 2.11. The van der Waals surface area contributed by atoms with Gasteiger partial charge in [0.1, 0.15) is 18.1 Å². The molecule has 2 rings (SSSR count). The van der Waals surface area contributed by atoms with Gasteiger partial charge >= 0.3 is 5.97 Å². The van der Waals surface area contributed by atoms with Crippen molar-refractivity contribution in [3.63, 3.8) is 0 Å². The Morgan fingerprint density at radius 1 is 0.974 bits per heavy atom. The lowest BCUT2D eigenvalue weighted by Crippen LogP contribution is -2.59. The zero-order chi connectivity index (χ0) is 28.2. The Labute approximate surface area is 220 Å². The molecule has 0 fully saturated rings. The van der Waals surface area contributed by atoms with E-state index in [0.717, 1.165) is 5.56 Å². The standard InChI is InChI=1S/C25H35N7O6/c1-3-14(2)21(24(36)31-19(25(37)38)10-16-12-28-13-29-16)32-23(35)18(9-15-7-5-4-6-8-15)30-22(34)17(26)11-20(27)33/h4-8,12-14,17-19,21H,3,9-11,26H2,1-2H3,(H2,27,33)(H,28,29)(H,30,34)(H,31,36)(H,32,35)(H,37,38). The van der Waals surface area contributed by atoms with Gasteiger partial charge < -0.3 is 37.5 Å². The summed E-state index contributed by atoms with van der Waals surface area (Å²) in [5.74, 6) is -4.50. The number of nitrogens with one attached hydrogen (secondary N) is 4. The van der Waals surface area contributed by atoms with Crippen LogP contribution in [0.5, 0.6) is 0 Å². The second-order valence-corrected chi connectivity index (χ2v) is 9.08. The Kier molecular flexibility index (Phi) is 11.4. The number of benzene rings is 1. The summed E-state index contributed by atoms with van der Waals surface area (Å²) in [6.07, 6.45) is 2.98. The molecule has 5 unspecified atom stereocenters. The van der Waals surface area contributed by atoms with Crippen LogP contribution in [0.1, 0.15) is 37.9 Å². The molecule has 13 heteroatoms. The van der Waals surface area contributed by atoms with Crippen molar-refractivity contribution in [1.82, 2.24) is 25.9 Å². The van der Waals surface area contributed by atoms with Gasteiger partial charge in [-0.1, -0.05) is 50.6 Å². The fourth-order valence-electron chi connectivity index (χ4n) is 3.68. The zero-order valence-corrected chi connectivity index (χ0v) is 21.3. The molecule has 1 aromatic carbocycles. The lowest BCUT2D eigenvalue weighted by Gasteiger charge is -2.28. The molecule has 0 bridgehead atoms. The third-order valence-corrected chi connectivity index (χ3v) is 6.06. The SMILES string of the molecule is CCC(C)C(NC(=O)C(Cc1ccccc1)NC(=O)C(N)CC(N)=O)C(=O)NC(Cc1cnc[nH]1)C(=O)O. The number of nitrogens with zero attached hydrogens (tertiary/aromatic N) is 1. The van der Waals surface area contributed by atoms with Gasteiger partial charge in [0.25, 0.3) is 0 Å². The van der Waals surface area contributed by atoms with Crippen molar-refractivity contribution in [2.45, 2.75) is 63.7 Å². The Morgan fingerprint density at radius 2 is 1.63 bits per heavy atom. The van der Waals surface area contributed by atoms with Crippen molar-refractivity contribution in [2.24, 2.45) is 17.4 Å². The van der Waals surface area contributed by atoms with Crippen LogP contribution in [0.25, 0.3) is 0 Å². The van der Waals surface area contributed by atoms with Gasteiger partial charge in [-0.3, -0.25) is 19.2 Å². The number of amides is 4. The highest BCUT2D eigenvalue weighted by molar-refractivity contribution is 5.95. The molecule has 2 aromatic rings. The molecule has 1 aromatic heterocycles. The second kappa shape index (κ2) is 14.5. The molecule has 13 nitrogen and oxygen atoms in total. The summed E-state index contributed by atoms with van der Waals surface area (Å²) in [6, 6.07) is 4.12. The van der Waals surface area contributed by atoms with E-state index in [1.165, 1.54) is 12.5 Å². The van der Waals surface area contributed by atoms with Gasteiger partial charge in [0, 0.05) is 24.7 Å². The average Bonchev–Trinajstić information content (AvgIpc) is 3.39. The average molecular weight is 530 g/mol. The quantitative estimate of drug-likeness (QED) is 0.151. The number of H-pyrrole nitrogens is 1. The number of carbonyl (C=O) groups excluding carboxylic acids is 4. The zero-order valence-electron chi connectivity index (χ0n) is 21.3. The van der Waals surface area contributed by atoms with E-state index >= 15 is 0 Å². The molecule has 9 N–H and O–H groups in total. The van der Waals surface area contributed by atoms with Crippen LogP contribution in [0.15, 0.2) is 42.9 Å². The minimum absolute atomic E-state index is 0.0350. The number of hydrogen-bond donors (Lipinski definition) is 7. The Balaban J connectivity index is 2.22. The number of carboxylic acids is 1. The number of carbonyl (C=O) groups is 5. The van der Waals surface area contributed by atoms with Crippen molar-refractivity contribution in [3.05, 3.63) is 54.1 Å². The van der Waals surface area contributed by atoms with Crippen LogP contribution >= 0.6 is 0 Å². The largest absolute Gasteiger partial charge is 0.480 e. The number of carboxylic acid groups (broad SMARTS) is 1. The molecule has 0 saturated heterocycles. The molecule has 1 heterocycles. The molecule has 0 aliphatic rings. The predicted molar refractivity (Wildman–Crippen MR) is 137 cm³/mol. The molecule has 0 aliphatic carbocycles. The van der Waals surface area contributed by atoms with Crippen molar-refractivity contribution in [3.8, 4) is 0 Å². The molecule has 4 amide bonds. The highest BCUT2D eigenvalue weighted by Gasteiger charge is 2.33. The van der Waals surface area contributed by atoms with E-state index in [0.29, 0.717) is 12.1 Å². The minimum atomic E-state index is -1.27. The second-order valence-electron chi connectivity index (χ2n) is 9.08. The van der Waals surface area contributed by atoms with E-state index in [1.807, 2.05) is 6.92 Å². The molecule has 0 aliphatic heterocycles. The number of aromatic amines is 1. The van der Waals surface area contributed by atoms with E-state index in [1.54, 1.807) is 37.3 Å². The first-order chi connectivity index (χ1) is 18.0. The first-order valence-electron chi connectivity index (χ1n) is 12.2. The summed E-state index contributed by atoms with van der Waals surface area (Å²) in [4.78, 5) is 68.8. The molecule has 5 atom stereocenters. The summed E-state index contributed by atoms with van der Waals surface area (Å²) < 4.78 is 0. The summed E-state index contributed by atoms with van der Waals surface area (Å²) in [5, 5.41) is 17.3. The van der Waals surface area contributed by atoms with E-state index in [-0.39, 0.29) is 18.8 Å². The molecular weight excluding hydrogens is 494 g/mol. The first kappa shape index (κ1) is 30.0. The molecule has 0 radical (unpaired) electrons. The van der Waals surface area contributed by atoms with Crippen molar-refractivity contribution >= 4 is 29.6 Å². The van der Waals surface area contributed by atoms with Crippen LogP contribution in [-0.2, 0) is 36.8 Å². The third kappa shape index (κ3) is 9.32. The number of hydrogen-bond acceptors (Lipinski definition) is 7. The van der Waals surface area contributed by atoms with Crippen molar-refractivity contribution in [2.75, 3.05) is 0 Å². The van der Waals surface area contributed by atoms with E-state index in [9.17, 15) is 29.1 Å². The van der Waals surface area contributed by atoms with Gasteiger partial charge in [-0.2, -0.15) is 0 Å². The molecule has 206 valence electrons. The monoisotopic (exact) mass is 529 g/mol. The summed E-state index contributed by atoms with van der Waals surface area (Å²) in [6.45, 7) is 3.56. The van der Waals surface area contributed by atoms with Crippen LogP contribution in [0.2, 0.25) is 0 Å². The number of primary amides is 1. The maximum atomic E-state index is 13.4. The van der Waals surface area contributed by atoms with Gasteiger partial charge in [-0.05, 0) is 11.5 Å². The minimum Gasteiger partial charge on any atom is -0.480 e. The van der Waals surface area contributed by atoms with Crippen LogP contribution < -0.4 is 27.4 Å². The molecule has 0 spiro atoms. The number of rotatable bonds is 15. The predicted octanol–water partition coefficient (Wildman–Crippen LogP) is -1.02. The Bertz CT molecular complexity index is 1090. The number of nitrogens with two attached hydrogens (primary N) is 2. The molecule has 38 heavy (non-hydrogen) atoms. The summed E-state index contributed by atoms with van der Waals surface area (Å²) in [7, 11) is 0. The Morgan fingerprint density at radius 3 is 2.18 bits per heavy atom. The fraction of sp³-hybridized carbons (Fsp3) is 0.440. The Hall–Kier alpha value is -4.26. The lowest BCUT2D eigenvalue weighted by atomic mass is 9.96. The smallest absolute Gasteiger partial charge is 0.326 e. The van der Waals surface area contributed by atoms with Crippen molar-refractivity contribution < 1.29 is 29.1 Å². The van der Waals surface area contributed by atoms with Gasteiger partial charge in [-0.15, -0.1) is 0 Å². The van der Waals surface area contributed by atoms with Gasteiger partial charge in [-0.25, -0.2) is 9.78 Å². The normalized spacial score (nSPS) is 14.8. The van der Waals surface area contributed by atoms with Crippen LogP contribution in [-0.4, -0.2) is 68.8 Å². The van der Waals surface area contributed by atoms with Gasteiger partial charge in [0.2, 0.25) is 23.6 Å². The van der Waals surface area contributed by atoms with Gasteiger partial charge in [0.05, 0.1) is 18.8 Å². The van der Waals surface area contributed by atoms with E-state index < -0.39 is 60.2 Å². The summed E-state index contributed by atoms with van der Waals surface area (Å²) >= 11 is 0. The maximum absolute atomic E-state index is 13.4. The molecular formula is C25H35N7O6. The fourth-order valence-corrected chi connectivity index (χ4v) is 3.68. The van der Waals surface area contributed by atoms with Gasteiger partial charge in [0.15, 0.2) is 0 Å². The van der Waals surface area contributed by atoms with Crippen molar-refractivity contribution in [1.29, 1.82) is 0 Å². The van der Waals surface area contributed by atoms with Crippen LogP contribution in [0.4, 0.5) is 0 Å². The van der Waals surface area contributed by atoms with E-state index in [4.69, 9.17) is 11.5 Å². The number of aromatic nitrogens is 2. The topological polar surface area (TPSA) is 222 Å². The first-order valence-corrected chi connectivity index (χ1v) is 12.2. The lowest BCUT2D eigenvalue weighted by molar-refractivity contribution is -0.142.